The van der Waals surface area contributed by atoms with Crippen molar-refractivity contribution in [3.63, 3.8) is 0 Å². The molecular formula is C22H17ClF3N5O3S. The standard InChI is InChI=1S/C22H17ClF3N5O3S/c23-17-14-3-2-12(22(24,25)26)8-15(14)35-18(17)20(33)30-9-13(10-30)29-6-7-31(16(32)11-29)21(34)19-27-4-1-5-28-19/h1-5,8,13H,6-7,9-11H2. The van der Waals surface area contributed by atoms with Crippen LogP contribution in [0, 0.1) is 0 Å². The van der Waals surface area contributed by atoms with E-state index in [0.29, 0.717) is 29.7 Å². The van der Waals surface area contributed by atoms with Gasteiger partial charge in [-0.15, -0.1) is 11.3 Å². The molecular weight excluding hydrogens is 507 g/mol. The highest BCUT2D eigenvalue weighted by molar-refractivity contribution is 7.21. The number of aromatic nitrogens is 2. The summed E-state index contributed by atoms with van der Waals surface area (Å²) in [4.78, 5) is 50.6. The maximum atomic E-state index is 13.0. The Bertz CT molecular complexity index is 1330. The van der Waals surface area contributed by atoms with Crippen molar-refractivity contribution in [2.24, 2.45) is 0 Å². The van der Waals surface area contributed by atoms with Gasteiger partial charge in [-0.1, -0.05) is 17.7 Å². The Labute approximate surface area is 205 Å². The van der Waals surface area contributed by atoms with Crippen LogP contribution in [0.5, 0.6) is 0 Å². The van der Waals surface area contributed by atoms with Crippen molar-refractivity contribution in [3.8, 4) is 0 Å². The van der Waals surface area contributed by atoms with Crippen molar-refractivity contribution in [2.45, 2.75) is 12.2 Å². The summed E-state index contributed by atoms with van der Waals surface area (Å²) in [5.74, 6) is -1.32. The molecule has 2 aliphatic rings. The van der Waals surface area contributed by atoms with Crippen LogP contribution in [-0.2, 0) is 11.0 Å². The fourth-order valence-electron chi connectivity index (χ4n) is 4.12. The van der Waals surface area contributed by atoms with Gasteiger partial charge in [0.05, 0.1) is 17.1 Å². The third-order valence-corrected chi connectivity index (χ3v) is 7.71. The highest BCUT2D eigenvalue weighted by Gasteiger charge is 2.41. The molecule has 0 radical (unpaired) electrons. The molecule has 0 aliphatic carbocycles. The second-order valence-electron chi connectivity index (χ2n) is 8.21. The minimum Gasteiger partial charge on any atom is -0.335 e. The summed E-state index contributed by atoms with van der Waals surface area (Å²) < 4.78 is 39.3. The van der Waals surface area contributed by atoms with E-state index in [2.05, 4.69) is 9.97 Å². The van der Waals surface area contributed by atoms with Crippen molar-refractivity contribution in [1.29, 1.82) is 0 Å². The van der Waals surface area contributed by atoms with E-state index >= 15 is 0 Å². The Hall–Kier alpha value is -3.09. The molecule has 0 bridgehead atoms. The summed E-state index contributed by atoms with van der Waals surface area (Å²) >= 11 is 7.25. The summed E-state index contributed by atoms with van der Waals surface area (Å²) in [6.07, 6.45) is -1.63. The molecule has 182 valence electrons. The van der Waals surface area contributed by atoms with Crippen LogP contribution in [0.25, 0.3) is 10.1 Å². The third-order valence-electron chi connectivity index (χ3n) is 6.07. The first-order chi connectivity index (χ1) is 16.6. The molecule has 0 unspecified atom stereocenters. The number of amides is 3. The molecule has 0 saturated carbocycles. The first-order valence-electron chi connectivity index (χ1n) is 10.6. The zero-order valence-corrected chi connectivity index (χ0v) is 19.5. The maximum Gasteiger partial charge on any atom is 0.416 e. The number of rotatable bonds is 3. The van der Waals surface area contributed by atoms with Crippen LogP contribution in [0.2, 0.25) is 5.02 Å². The van der Waals surface area contributed by atoms with Crippen molar-refractivity contribution in [1.82, 2.24) is 24.7 Å². The number of hydrogen-bond acceptors (Lipinski definition) is 7. The summed E-state index contributed by atoms with van der Waals surface area (Å²) in [7, 11) is 0. The van der Waals surface area contributed by atoms with Crippen LogP contribution in [0.15, 0.2) is 36.7 Å². The molecule has 8 nitrogen and oxygen atoms in total. The number of likely N-dealkylation sites (tertiary alicyclic amines) is 1. The molecule has 35 heavy (non-hydrogen) atoms. The Balaban J connectivity index is 1.21. The van der Waals surface area contributed by atoms with Gasteiger partial charge in [-0.05, 0) is 18.2 Å². The molecule has 2 saturated heterocycles. The lowest BCUT2D eigenvalue weighted by Gasteiger charge is -2.47. The number of fused-ring (bicyclic) bond motifs is 1. The van der Waals surface area contributed by atoms with E-state index < -0.39 is 17.6 Å². The first-order valence-corrected chi connectivity index (χ1v) is 11.8. The predicted molar refractivity (Wildman–Crippen MR) is 121 cm³/mol. The molecule has 0 N–H and O–H groups in total. The van der Waals surface area contributed by atoms with Gasteiger partial charge in [0.25, 0.3) is 11.8 Å². The molecule has 1 aromatic carbocycles. The average Bonchev–Trinajstić information content (AvgIpc) is 3.13. The van der Waals surface area contributed by atoms with Crippen molar-refractivity contribution in [3.05, 3.63) is 57.9 Å². The number of alkyl halides is 3. The second-order valence-corrected chi connectivity index (χ2v) is 9.64. The molecule has 4 heterocycles. The largest absolute Gasteiger partial charge is 0.416 e. The minimum atomic E-state index is -4.49. The monoisotopic (exact) mass is 523 g/mol. The maximum absolute atomic E-state index is 13.0. The van der Waals surface area contributed by atoms with Gasteiger partial charge in [-0.3, -0.25) is 24.2 Å². The summed E-state index contributed by atoms with van der Waals surface area (Å²) in [5.41, 5.74) is -0.799. The third kappa shape index (κ3) is 4.37. The molecule has 2 aromatic heterocycles. The molecule has 3 amide bonds. The lowest BCUT2D eigenvalue weighted by molar-refractivity contribution is -0.137. The number of hydrogen-bond donors (Lipinski definition) is 0. The van der Waals surface area contributed by atoms with Crippen molar-refractivity contribution in [2.75, 3.05) is 32.7 Å². The minimum absolute atomic E-state index is 0.0230. The van der Waals surface area contributed by atoms with Crippen LogP contribution in [0.1, 0.15) is 25.9 Å². The Morgan fingerprint density at radius 2 is 1.80 bits per heavy atom. The number of carbonyl (C=O) groups is 3. The average molecular weight is 524 g/mol. The van der Waals surface area contributed by atoms with Crippen LogP contribution < -0.4 is 0 Å². The van der Waals surface area contributed by atoms with E-state index in [1.165, 1.54) is 18.5 Å². The van der Waals surface area contributed by atoms with Gasteiger partial charge in [-0.25, -0.2) is 9.97 Å². The van der Waals surface area contributed by atoms with Gasteiger partial charge < -0.3 is 4.90 Å². The number of halogens is 4. The van der Waals surface area contributed by atoms with Crippen molar-refractivity contribution >= 4 is 50.7 Å². The number of imide groups is 1. The van der Waals surface area contributed by atoms with Crippen LogP contribution in [-0.4, -0.2) is 81.2 Å². The van der Waals surface area contributed by atoms with Gasteiger partial charge in [0, 0.05) is 54.7 Å². The zero-order chi connectivity index (χ0) is 24.9. The van der Waals surface area contributed by atoms with E-state index in [-0.39, 0.29) is 46.7 Å². The number of nitrogens with zero attached hydrogens (tertiary/aromatic N) is 5. The molecule has 0 spiro atoms. The van der Waals surface area contributed by atoms with Gasteiger partial charge in [0.1, 0.15) is 4.88 Å². The molecule has 3 aromatic rings. The Kier molecular flexibility index (Phi) is 5.98. The lowest BCUT2D eigenvalue weighted by atomic mass is 10.1. The predicted octanol–water partition coefficient (Wildman–Crippen LogP) is 3.17. The quantitative estimate of drug-likeness (QED) is 0.490. The number of thiophene rings is 1. The van der Waals surface area contributed by atoms with Gasteiger partial charge in [0.15, 0.2) is 0 Å². The van der Waals surface area contributed by atoms with E-state index in [0.717, 1.165) is 28.4 Å². The van der Waals surface area contributed by atoms with Crippen LogP contribution in [0.3, 0.4) is 0 Å². The molecule has 2 fully saturated rings. The van der Waals surface area contributed by atoms with Gasteiger partial charge in [0.2, 0.25) is 11.7 Å². The van der Waals surface area contributed by atoms with Crippen LogP contribution in [0.4, 0.5) is 13.2 Å². The number of carbonyl (C=O) groups excluding carboxylic acids is 3. The molecule has 13 heteroatoms. The lowest BCUT2D eigenvalue weighted by Crippen LogP contribution is -2.65. The van der Waals surface area contributed by atoms with E-state index in [4.69, 9.17) is 11.6 Å². The summed E-state index contributed by atoms with van der Waals surface area (Å²) in [6.45, 7) is 1.35. The highest BCUT2D eigenvalue weighted by atomic mass is 35.5. The van der Waals surface area contributed by atoms with E-state index in [1.807, 2.05) is 4.90 Å². The number of benzene rings is 1. The zero-order valence-electron chi connectivity index (χ0n) is 18.0. The van der Waals surface area contributed by atoms with E-state index in [1.54, 1.807) is 11.0 Å². The first kappa shape index (κ1) is 23.6. The highest BCUT2D eigenvalue weighted by Crippen LogP contribution is 2.40. The number of piperazine rings is 1. The summed E-state index contributed by atoms with van der Waals surface area (Å²) in [5, 5.41) is 0.538. The molecule has 0 atom stereocenters. The normalized spacial score (nSPS) is 17.7. The second kappa shape index (κ2) is 8.85. The fraction of sp³-hybridized carbons (Fsp3) is 0.318. The molecule has 5 rings (SSSR count). The Morgan fingerprint density at radius 3 is 2.46 bits per heavy atom. The molecule has 2 aliphatic heterocycles. The van der Waals surface area contributed by atoms with Crippen LogP contribution >= 0.6 is 22.9 Å². The SMILES string of the molecule is O=C(c1sc2cc(C(F)(F)F)ccc2c1Cl)N1CC(N2CCN(C(=O)c3ncccn3)C(=O)C2)C1. The van der Waals surface area contributed by atoms with Gasteiger partial charge in [-0.2, -0.15) is 13.2 Å². The smallest absolute Gasteiger partial charge is 0.335 e. The summed E-state index contributed by atoms with van der Waals surface area (Å²) in [6, 6.07) is 4.72. The Morgan fingerprint density at radius 1 is 1.09 bits per heavy atom. The fourth-order valence-corrected chi connectivity index (χ4v) is 5.64. The van der Waals surface area contributed by atoms with Crippen molar-refractivity contribution < 1.29 is 27.6 Å². The van der Waals surface area contributed by atoms with Gasteiger partial charge >= 0.3 is 6.18 Å². The topological polar surface area (TPSA) is 86.7 Å². The van der Waals surface area contributed by atoms with E-state index in [9.17, 15) is 27.6 Å².